The fourth-order valence-corrected chi connectivity index (χ4v) is 3.75. The average Bonchev–Trinajstić information content (AvgIpc) is 3.13. The van der Waals surface area contributed by atoms with E-state index in [1.54, 1.807) is 23.7 Å². The summed E-state index contributed by atoms with van der Waals surface area (Å²) in [6.45, 7) is 2.22. The number of aliphatic hydroxyl groups excluding tert-OH is 1. The lowest BCUT2D eigenvalue weighted by atomic mass is 10.1. The van der Waals surface area contributed by atoms with Gasteiger partial charge in [-0.3, -0.25) is 13.9 Å². The van der Waals surface area contributed by atoms with Crippen LogP contribution in [0.4, 0.5) is 4.39 Å². The van der Waals surface area contributed by atoms with E-state index in [9.17, 15) is 19.1 Å². The Bertz CT molecular complexity index is 1370. The molecule has 0 amide bonds. The summed E-state index contributed by atoms with van der Waals surface area (Å²) >= 11 is 0. The van der Waals surface area contributed by atoms with E-state index in [-0.39, 0.29) is 37.6 Å². The van der Waals surface area contributed by atoms with E-state index in [0.717, 1.165) is 21.3 Å². The summed E-state index contributed by atoms with van der Waals surface area (Å²) in [7, 11) is 1.58. The molecule has 0 fully saturated rings. The molecule has 4 aromatic rings. The van der Waals surface area contributed by atoms with E-state index < -0.39 is 11.2 Å². The van der Waals surface area contributed by atoms with Gasteiger partial charge in [0.05, 0.1) is 0 Å². The van der Waals surface area contributed by atoms with E-state index in [0.29, 0.717) is 11.3 Å². The van der Waals surface area contributed by atoms with Crippen molar-refractivity contribution in [2.45, 2.75) is 26.4 Å². The number of rotatable bonds is 6. The Morgan fingerprint density at radius 3 is 2.42 bits per heavy atom. The molecule has 0 aliphatic rings. The fraction of sp³-hybridized carbons (Fsp3) is 0.261. The molecule has 0 atom stereocenters. The number of hydrogen-bond acceptors (Lipinski definition) is 4. The van der Waals surface area contributed by atoms with Crippen molar-refractivity contribution in [1.29, 1.82) is 0 Å². The number of benzene rings is 2. The molecule has 2 aromatic carbocycles. The SMILES string of the molecule is Cc1ccccc1-c1nc2c(c(=O)n(CCCO)c(=O)n2C)n1Cc1ccc(F)cc1. The highest BCUT2D eigenvalue weighted by molar-refractivity contribution is 5.78. The number of fused-ring (bicyclic) bond motifs is 1. The third-order valence-corrected chi connectivity index (χ3v) is 5.41. The second-order valence-corrected chi connectivity index (χ2v) is 7.51. The van der Waals surface area contributed by atoms with Gasteiger partial charge >= 0.3 is 5.69 Å². The summed E-state index contributed by atoms with van der Waals surface area (Å²) < 4.78 is 17.7. The Labute approximate surface area is 177 Å². The van der Waals surface area contributed by atoms with Crippen molar-refractivity contribution < 1.29 is 9.50 Å². The topological polar surface area (TPSA) is 82.1 Å². The molecule has 2 aromatic heterocycles. The first-order valence-electron chi connectivity index (χ1n) is 10.0. The molecule has 7 nitrogen and oxygen atoms in total. The van der Waals surface area contributed by atoms with Gasteiger partial charge in [-0.15, -0.1) is 0 Å². The Kier molecular flexibility index (Phi) is 5.56. The normalized spacial score (nSPS) is 11.4. The molecule has 31 heavy (non-hydrogen) atoms. The molecule has 0 aliphatic carbocycles. The summed E-state index contributed by atoms with van der Waals surface area (Å²) in [5.41, 5.74) is 2.26. The van der Waals surface area contributed by atoms with E-state index in [1.807, 2.05) is 31.2 Å². The lowest BCUT2D eigenvalue weighted by Gasteiger charge is -2.12. The highest BCUT2D eigenvalue weighted by Gasteiger charge is 2.22. The van der Waals surface area contributed by atoms with Crippen LogP contribution in [0, 0.1) is 12.7 Å². The number of aryl methyl sites for hydroxylation is 2. The standard InChI is InChI=1S/C23H23FN4O3/c1-15-6-3-4-7-18(15)20-25-21-19(28(20)14-16-8-10-17(24)11-9-16)22(30)27(12-5-13-29)23(31)26(21)2/h3-4,6-11,29H,5,12-14H2,1-2H3. The van der Waals surface area contributed by atoms with Crippen molar-refractivity contribution in [3.8, 4) is 11.4 Å². The Morgan fingerprint density at radius 1 is 1.03 bits per heavy atom. The lowest BCUT2D eigenvalue weighted by Crippen LogP contribution is -2.39. The van der Waals surface area contributed by atoms with Gasteiger partial charge < -0.3 is 9.67 Å². The maximum absolute atomic E-state index is 13.4. The minimum atomic E-state index is -0.478. The predicted molar refractivity (Wildman–Crippen MR) is 117 cm³/mol. The monoisotopic (exact) mass is 422 g/mol. The lowest BCUT2D eigenvalue weighted by molar-refractivity contribution is 0.277. The van der Waals surface area contributed by atoms with E-state index in [4.69, 9.17) is 0 Å². The van der Waals surface area contributed by atoms with Gasteiger partial charge in [-0.2, -0.15) is 0 Å². The van der Waals surface area contributed by atoms with Crippen LogP contribution in [0.2, 0.25) is 0 Å². The van der Waals surface area contributed by atoms with Crippen molar-refractivity contribution in [1.82, 2.24) is 18.7 Å². The average molecular weight is 422 g/mol. The van der Waals surface area contributed by atoms with Crippen LogP contribution in [-0.2, 0) is 20.1 Å². The predicted octanol–water partition coefficient (Wildman–Crippen LogP) is 2.44. The molecule has 0 spiro atoms. The first kappa shape index (κ1) is 20.7. The summed E-state index contributed by atoms with van der Waals surface area (Å²) in [5, 5.41) is 9.17. The van der Waals surface area contributed by atoms with Gasteiger partial charge in [0.15, 0.2) is 11.2 Å². The van der Waals surface area contributed by atoms with Crippen molar-refractivity contribution in [3.63, 3.8) is 0 Å². The highest BCUT2D eigenvalue weighted by atomic mass is 19.1. The number of halogens is 1. The number of aromatic nitrogens is 4. The van der Waals surface area contributed by atoms with Crippen LogP contribution in [0.25, 0.3) is 22.6 Å². The third-order valence-electron chi connectivity index (χ3n) is 5.41. The van der Waals surface area contributed by atoms with Crippen molar-refractivity contribution >= 4 is 11.2 Å². The van der Waals surface area contributed by atoms with Gasteiger partial charge in [0.2, 0.25) is 0 Å². The quantitative estimate of drug-likeness (QED) is 0.518. The van der Waals surface area contributed by atoms with Crippen LogP contribution in [0.1, 0.15) is 17.5 Å². The van der Waals surface area contributed by atoms with Crippen LogP contribution in [-0.4, -0.2) is 30.4 Å². The van der Waals surface area contributed by atoms with Gasteiger partial charge in [0.25, 0.3) is 5.56 Å². The Balaban J connectivity index is 2.04. The maximum Gasteiger partial charge on any atom is 0.332 e. The van der Waals surface area contributed by atoms with Crippen molar-refractivity contribution in [2.75, 3.05) is 6.61 Å². The molecule has 0 radical (unpaired) electrons. The second kappa shape index (κ2) is 8.31. The summed E-state index contributed by atoms with van der Waals surface area (Å²) in [6, 6.07) is 13.7. The number of hydrogen-bond donors (Lipinski definition) is 1. The van der Waals surface area contributed by atoms with E-state index in [1.165, 1.54) is 16.7 Å². The minimum Gasteiger partial charge on any atom is -0.396 e. The smallest absolute Gasteiger partial charge is 0.332 e. The number of imidazole rings is 1. The molecule has 1 N–H and O–H groups in total. The molecule has 8 heteroatoms. The van der Waals surface area contributed by atoms with Crippen LogP contribution in [0.3, 0.4) is 0 Å². The molecule has 160 valence electrons. The number of aliphatic hydroxyl groups is 1. The first-order chi connectivity index (χ1) is 14.9. The van der Waals surface area contributed by atoms with Gasteiger partial charge in [-0.05, 0) is 36.6 Å². The zero-order valence-electron chi connectivity index (χ0n) is 17.4. The zero-order chi connectivity index (χ0) is 22.1. The Hall–Kier alpha value is -3.52. The first-order valence-corrected chi connectivity index (χ1v) is 10.0. The van der Waals surface area contributed by atoms with Gasteiger partial charge in [-0.25, -0.2) is 14.2 Å². The molecular weight excluding hydrogens is 399 g/mol. The largest absolute Gasteiger partial charge is 0.396 e. The fourth-order valence-electron chi connectivity index (χ4n) is 3.75. The summed E-state index contributed by atoms with van der Waals surface area (Å²) in [5.74, 6) is 0.219. The third kappa shape index (κ3) is 3.70. The van der Waals surface area contributed by atoms with Gasteiger partial charge in [0.1, 0.15) is 11.6 Å². The van der Waals surface area contributed by atoms with Crippen LogP contribution in [0.15, 0.2) is 58.1 Å². The molecule has 0 unspecified atom stereocenters. The number of nitrogens with zero attached hydrogens (tertiary/aromatic N) is 4. The molecule has 0 aliphatic heterocycles. The van der Waals surface area contributed by atoms with Crippen LogP contribution in [0.5, 0.6) is 0 Å². The van der Waals surface area contributed by atoms with Crippen LogP contribution < -0.4 is 11.2 Å². The summed E-state index contributed by atoms with van der Waals surface area (Å²) in [4.78, 5) is 30.8. The van der Waals surface area contributed by atoms with E-state index in [2.05, 4.69) is 4.98 Å². The molecule has 0 saturated carbocycles. The maximum atomic E-state index is 13.4. The van der Waals surface area contributed by atoms with Crippen LogP contribution >= 0.6 is 0 Å². The van der Waals surface area contributed by atoms with E-state index >= 15 is 0 Å². The second-order valence-electron chi connectivity index (χ2n) is 7.51. The molecule has 0 bridgehead atoms. The van der Waals surface area contributed by atoms with Crippen molar-refractivity contribution in [3.05, 3.63) is 86.3 Å². The minimum absolute atomic E-state index is 0.110. The summed E-state index contributed by atoms with van der Waals surface area (Å²) in [6.07, 6.45) is 0.289. The molecule has 4 rings (SSSR count). The molecule has 0 saturated heterocycles. The zero-order valence-corrected chi connectivity index (χ0v) is 17.4. The molecular formula is C23H23FN4O3. The van der Waals surface area contributed by atoms with Gasteiger partial charge in [0, 0.05) is 32.3 Å². The Morgan fingerprint density at radius 2 is 1.74 bits per heavy atom. The molecule has 2 heterocycles. The van der Waals surface area contributed by atoms with Gasteiger partial charge in [-0.1, -0.05) is 36.4 Å². The van der Waals surface area contributed by atoms with Crippen molar-refractivity contribution in [2.24, 2.45) is 7.05 Å². The highest BCUT2D eigenvalue weighted by Crippen LogP contribution is 2.26.